The van der Waals surface area contributed by atoms with Crippen LogP contribution in [0.2, 0.25) is 0 Å². The summed E-state index contributed by atoms with van der Waals surface area (Å²) in [7, 11) is 0. The monoisotopic (exact) mass is 257 g/mol. The number of hydrogen-bond acceptors (Lipinski definition) is 4. The largest absolute Gasteiger partial charge is 0.398 e. The van der Waals surface area contributed by atoms with Crippen LogP contribution in [0.1, 0.15) is 23.9 Å². The van der Waals surface area contributed by atoms with Gasteiger partial charge in [-0.25, -0.2) is 9.67 Å². The van der Waals surface area contributed by atoms with Crippen LogP contribution in [0, 0.1) is 0 Å². The Bertz CT molecular complexity index is 575. The summed E-state index contributed by atoms with van der Waals surface area (Å²) >= 11 is 0. The Balaban J connectivity index is 1.77. The first-order valence-corrected chi connectivity index (χ1v) is 6.73. The number of nitrogens with zero attached hydrogens (tertiary/aromatic N) is 4. The van der Waals surface area contributed by atoms with Gasteiger partial charge in [-0.3, -0.25) is 4.90 Å². The maximum atomic E-state index is 6.07. The molecule has 1 aliphatic heterocycles. The Kier molecular flexibility index (Phi) is 3.21. The molecule has 0 bridgehead atoms. The Morgan fingerprint density at radius 1 is 1.37 bits per heavy atom. The maximum absolute atomic E-state index is 6.07. The van der Waals surface area contributed by atoms with E-state index >= 15 is 0 Å². The molecule has 0 aliphatic carbocycles. The van der Waals surface area contributed by atoms with Crippen LogP contribution in [0.5, 0.6) is 0 Å². The average molecular weight is 257 g/mol. The predicted octanol–water partition coefficient (Wildman–Crippen LogP) is 1.44. The molecule has 0 fully saturated rings. The minimum absolute atomic E-state index is 0.835. The lowest BCUT2D eigenvalue weighted by molar-refractivity contribution is 0.235. The zero-order valence-corrected chi connectivity index (χ0v) is 11.2. The van der Waals surface area contributed by atoms with Gasteiger partial charge in [0, 0.05) is 25.3 Å². The Hall–Kier alpha value is -1.88. The summed E-state index contributed by atoms with van der Waals surface area (Å²) in [5.74, 6) is 1.03. The van der Waals surface area contributed by atoms with Crippen LogP contribution in [-0.2, 0) is 26.1 Å². The van der Waals surface area contributed by atoms with Crippen molar-refractivity contribution in [3.05, 3.63) is 41.5 Å². The van der Waals surface area contributed by atoms with Crippen molar-refractivity contribution in [3.8, 4) is 0 Å². The molecule has 1 aliphatic rings. The SMILES string of the molecule is CCn1ncnc1CN1CCc2cccc(N)c2C1. The fraction of sp³-hybridized carbons (Fsp3) is 0.429. The fourth-order valence-corrected chi connectivity index (χ4v) is 2.67. The van der Waals surface area contributed by atoms with Gasteiger partial charge in [0.05, 0.1) is 6.54 Å². The van der Waals surface area contributed by atoms with Crippen molar-refractivity contribution in [1.82, 2.24) is 19.7 Å². The van der Waals surface area contributed by atoms with Crippen molar-refractivity contribution in [2.24, 2.45) is 0 Å². The van der Waals surface area contributed by atoms with E-state index in [1.54, 1.807) is 6.33 Å². The number of anilines is 1. The molecule has 0 atom stereocenters. The highest BCUT2D eigenvalue weighted by molar-refractivity contribution is 5.51. The van der Waals surface area contributed by atoms with Crippen LogP contribution < -0.4 is 5.73 Å². The fourth-order valence-electron chi connectivity index (χ4n) is 2.67. The average Bonchev–Trinajstić information content (AvgIpc) is 2.87. The number of aryl methyl sites for hydroxylation is 1. The molecule has 1 aromatic heterocycles. The van der Waals surface area contributed by atoms with E-state index in [4.69, 9.17) is 5.73 Å². The molecule has 100 valence electrons. The van der Waals surface area contributed by atoms with Crippen molar-refractivity contribution in [2.75, 3.05) is 12.3 Å². The molecule has 2 heterocycles. The van der Waals surface area contributed by atoms with Crippen LogP contribution in [0.25, 0.3) is 0 Å². The first-order chi connectivity index (χ1) is 9.28. The smallest absolute Gasteiger partial charge is 0.141 e. The summed E-state index contributed by atoms with van der Waals surface area (Å²) in [6.45, 7) is 5.73. The molecular formula is C14H19N5. The van der Waals surface area contributed by atoms with Gasteiger partial charge < -0.3 is 5.73 Å². The molecule has 1 aromatic carbocycles. The molecule has 3 rings (SSSR count). The summed E-state index contributed by atoms with van der Waals surface area (Å²) in [6, 6.07) is 6.20. The highest BCUT2D eigenvalue weighted by Crippen LogP contribution is 2.24. The summed E-state index contributed by atoms with van der Waals surface area (Å²) in [6.07, 6.45) is 2.69. The Morgan fingerprint density at radius 2 is 2.26 bits per heavy atom. The van der Waals surface area contributed by atoms with Crippen molar-refractivity contribution in [2.45, 2.75) is 33.0 Å². The number of fused-ring (bicyclic) bond motifs is 1. The third kappa shape index (κ3) is 2.33. The van der Waals surface area contributed by atoms with Crippen LogP contribution in [0.4, 0.5) is 5.69 Å². The maximum Gasteiger partial charge on any atom is 0.141 e. The van der Waals surface area contributed by atoms with Gasteiger partial charge in [0.25, 0.3) is 0 Å². The molecule has 2 N–H and O–H groups in total. The zero-order valence-electron chi connectivity index (χ0n) is 11.2. The van der Waals surface area contributed by atoms with E-state index in [0.717, 1.165) is 44.1 Å². The summed E-state index contributed by atoms with van der Waals surface area (Å²) < 4.78 is 1.95. The number of nitrogens with two attached hydrogens (primary N) is 1. The van der Waals surface area contributed by atoms with Crippen LogP contribution in [0.15, 0.2) is 24.5 Å². The van der Waals surface area contributed by atoms with Gasteiger partial charge >= 0.3 is 0 Å². The van der Waals surface area contributed by atoms with Gasteiger partial charge in [-0.1, -0.05) is 12.1 Å². The minimum Gasteiger partial charge on any atom is -0.398 e. The van der Waals surface area contributed by atoms with Crippen molar-refractivity contribution < 1.29 is 0 Å². The third-order valence-corrected chi connectivity index (χ3v) is 3.75. The highest BCUT2D eigenvalue weighted by Gasteiger charge is 2.19. The van der Waals surface area contributed by atoms with E-state index < -0.39 is 0 Å². The van der Waals surface area contributed by atoms with E-state index in [1.165, 1.54) is 11.1 Å². The lowest BCUT2D eigenvalue weighted by Crippen LogP contribution is -2.31. The van der Waals surface area contributed by atoms with E-state index in [2.05, 4.69) is 28.0 Å². The lowest BCUT2D eigenvalue weighted by atomic mass is 9.98. The molecule has 0 spiro atoms. The first-order valence-electron chi connectivity index (χ1n) is 6.73. The van der Waals surface area contributed by atoms with Gasteiger partial charge in [-0.15, -0.1) is 0 Å². The molecule has 5 nitrogen and oxygen atoms in total. The Labute approximate surface area is 113 Å². The van der Waals surface area contributed by atoms with E-state index in [0.29, 0.717) is 0 Å². The molecule has 0 radical (unpaired) electrons. The van der Waals surface area contributed by atoms with Crippen LogP contribution in [-0.4, -0.2) is 26.2 Å². The number of rotatable bonds is 3. The van der Waals surface area contributed by atoms with Gasteiger partial charge in [0.2, 0.25) is 0 Å². The molecular weight excluding hydrogens is 238 g/mol. The second kappa shape index (κ2) is 5.01. The topological polar surface area (TPSA) is 60.0 Å². The van der Waals surface area contributed by atoms with E-state index in [1.807, 2.05) is 16.8 Å². The normalized spacial score (nSPS) is 15.4. The first kappa shape index (κ1) is 12.2. The third-order valence-electron chi connectivity index (χ3n) is 3.75. The molecule has 5 heteroatoms. The number of aromatic nitrogens is 3. The minimum atomic E-state index is 0.835. The Morgan fingerprint density at radius 3 is 3.11 bits per heavy atom. The summed E-state index contributed by atoms with van der Waals surface area (Å²) in [5.41, 5.74) is 9.63. The van der Waals surface area contributed by atoms with Gasteiger partial charge in [0.1, 0.15) is 12.2 Å². The lowest BCUT2D eigenvalue weighted by Gasteiger charge is -2.29. The summed E-state index contributed by atoms with van der Waals surface area (Å²) in [4.78, 5) is 6.72. The number of nitrogen functional groups attached to an aromatic ring is 1. The zero-order chi connectivity index (χ0) is 13.2. The summed E-state index contributed by atoms with van der Waals surface area (Å²) in [5, 5.41) is 4.22. The molecule has 19 heavy (non-hydrogen) atoms. The highest BCUT2D eigenvalue weighted by atomic mass is 15.3. The van der Waals surface area contributed by atoms with Crippen LogP contribution in [0.3, 0.4) is 0 Å². The van der Waals surface area contributed by atoms with Crippen molar-refractivity contribution in [1.29, 1.82) is 0 Å². The molecule has 0 saturated heterocycles. The van der Waals surface area contributed by atoms with E-state index in [-0.39, 0.29) is 0 Å². The standard InChI is InChI=1S/C14H19N5/c1-2-19-14(16-10-17-19)9-18-7-6-11-4-3-5-13(15)12(11)8-18/h3-5,10H,2,6-9,15H2,1H3. The van der Waals surface area contributed by atoms with Gasteiger partial charge in [0.15, 0.2) is 0 Å². The number of hydrogen-bond donors (Lipinski definition) is 1. The predicted molar refractivity (Wildman–Crippen MR) is 74.4 cm³/mol. The molecule has 0 amide bonds. The van der Waals surface area contributed by atoms with Gasteiger partial charge in [-0.2, -0.15) is 5.10 Å². The molecule has 0 unspecified atom stereocenters. The van der Waals surface area contributed by atoms with E-state index in [9.17, 15) is 0 Å². The molecule has 0 saturated carbocycles. The van der Waals surface area contributed by atoms with Crippen molar-refractivity contribution in [3.63, 3.8) is 0 Å². The second-order valence-corrected chi connectivity index (χ2v) is 4.94. The quantitative estimate of drug-likeness (QED) is 0.845. The van der Waals surface area contributed by atoms with Gasteiger partial charge in [-0.05, 0) is 30.5 Å². The van der Waals surface area contributed by atoms with Crippen LogP contribution >= 0.6 is 0 Å². The molecule has 2 aromatic rings. The van der Waals surface area contributed by atoms with Crippen molar-refractivity contribution >= 4 is 5.69 Å². The number of benzene rings is 1. The second-order valence-electron chi connectivity index (χ2n) is 4.94.